The Morgan fingerprint density at radius 3 is 2.27 bits per heavy atom. The number of carbonyl (C=O) groups is 1. The fourth-order valence-electron chi connectivity index (χ4n) is 3.21. The van der Waals surface area contributed by atoms with E-state index in [9.17, 15) is 18.5 Å². The van der Waals surface area contributed by atoms with Gasteiger partial charge >= 0.3 is 0 Å². The normalized spacial score (nSPS) is 14.7. The largest absolute Gasteiger partial charge is 0.494 e. The number of nitrogens with one attached hydrogen (secondary N) is 1. The SMILES string of the molecule is CCOc1ccc(S(=O)(=O)N(CC)CC(=O)Nc2ccc(C3(C#N)CC3)cc2)cc1. The summed E-state index contributed by atoms with van der Waals surface area (Å²) in [6.45, 7) is 3.89. The van der Waals surface area contributed by atoms with Gasteiger partial charge in [0.05, 0.1) is 29.5 Å². The molecule has 2 aromatic rings. The molecule has 1 amide bonds. The standard InChI is InChI=1S/C22H25N3O4S/c1-3-25(30(27,28)20-11-9-19(10-12-20)29-4-2)15-21(26)24-18-7-5-17(6-8-18)22(16-23)13-14-22/h5-12H,3-4,13-15H2,1-2H3,(H,24,26). The molecule has 0 spiro atoms. The van der Waals surface area contributed by atoms with Crippen LogP contribution in [0.25, 0.3) is 0 Å². The molecule has 0 unspecified atom stereocenters. The number of sulfonamides is 1. The zero-order valence-electron chi connectivity index (χ0n) is 17.1. The molecule has 0 radical (unpaired) electrons. The van der Waals surface area contributed by atoms with Crippen LogP contribution in [0.15, 0.2) is 53.4 Å². The predicted molar refractivity (Wildman–Crippen MR) is 114 cm³/mol. The minimum Gasteiger partial charge on any atom is -0.494 e. The van der Waals surface area contributed by atoms with Gasteiger partial charge in [0.1, 0.15) is 5.75 Å². The number of carbonyl (C=O) groups excluding carboxylic acids is 1. The lowest BCUT2D eigenvalue weighted by Gasteiger charge is -2.20. The van der Waals surface area contributed by atoms with Crippen LogP contribution < -0.4 is 10.1 Å². The molecule has 1 saturated carbocycles. The first-order valence-corrected chi connectivity index (χ1v) is 11.3. The highest BCUT2D eigenvalue weighted by atomic mass is 32.2. The van der Waals surface area contributed by atoms with Gasteiger partial charge in [-0.15, -0.1) is 0 Å². The topological polar surface area (TPSA) is 99.5 Å². The van der Waals surface area contributed by atoms with Crippen molar-refractivity contribution in [2.75, 3.05) is 25.0 Å². The summed E-state index contributed by atoms with van der Waals surface area (Å²) >= 11 is 0. The van der Waals surface area contributed by atoms with E-state index in [1.165, 1.54) is 12.1 Å². The van der Waals surface area contributed by atoms with Gasteiger partial charge in [-0.25, -0.2) is 8.42 Å². The Labute approximate surface area is 177 Å². The fourth-order valence-corrected chi connectivity index (χ4v) is 4.62. The van der Waals surface area contributed by atoms with Crippen LogP contribution in [0.4, 0.5) is 5.69 Å². The van der Waals surface area contributed by atoms with Crippen molar-refractivity contribution in [2.24, 2.45) is 0 Å². The van der Waals surface area contributed by atoms with Crippen LogP contribution >= 0.6 is 0 Å². The number of likely N-dealkylation sites (N-methyl/N-ethyl adjacent to an activating group) is 1. The van der Waals surface area contributed by atoms with Crippen molar-refractivity contribution >= 4 is 21.6 Å². The Bertz CT molecular complexity index is 1040. The molecule has 0 aromatic heterocycles. The molecule has 0 heterocycles. The maximum atomic E-state index is 12.9. The van der Waals surface area contributed by atoms with E-state index in [-0.39, 0.29) is 23.4 Å². The lowest BCUT2D eigenvalue weighted by molar-refractivity contribution is -0.116. The molecule has 7 nitrogen and oxygen atoms in total. The van der Waals surface area contributed by atoms with Crippen molar-refractivity contribution in [2.45, 2.75) is 37.0 Å². The minimum absolute atomic E-state index is 0.108. The zero-order chi connectivity index (χ0) is 21.8. The van der Waals surface area contributed by atoms with Crippen LogP contribution in [-0.2, 0) is 20.2 Å². The minimum atomic E-state index is -3.81. The summed E-state index contributed by atoms with van der Waals surface area (Å²) in [4.78, 5) is 12.6. The van der Waals surface area contributed by atoms with Crippen LogP contribution in [0.1, 0.15) is 32.3 Å². The first-order valence-electron chi connectivity index (χ1n) is 9.89. The van der Waals surface area contributed by atoms with Crippen molar-refractivity contribution < 1.29 is 17.9 Å². The van der Waals surface area contributed by atoms with E-state index in [2.05, 4.69) is 11.4 Å². The molecule has 1 N–H and O–H groups in total. The Kier molecular flexibility index (Phi) is 6.44. The quantitative estimate of drug-likeness (QED) is 0.662. The Balaban J connectivity index is 1.66. The van der Waals surface area contributed by atoms with Gasteiger partial charge in [-0.3, -0.25) is 4.79 Å². The molecule has 2 aromatic carbocycles. The van der Waals surface area contributed by atoms with Gasteiger partial charge in [0.15, 0.2) is 0 Å². The summed E-state index contributed by atoms with van der Waals surface area (Å²) in [5, 5.41) is 12.0. The lowest BCUT2D eigenvalue weighted by Crippen LogP contribution is -2.37. The number of anilines is 1. The smallest absolute Gasteiger partial charge is 0.243 e. The van der Waals surface area contributed by atoms with E-state index < -0.39 is 15.9 Å². The third-order valence-corrected chi connectivity index (χ3v) is 7.07. The van der Waals surface area contributed by atoms with E-state index >= 15 is 0 Å². The first kappa shape index (κ1) is 21.8. The van der Waals surface area contributed by atoms with Crippen LogP contribution in [0.5, 0.6) is 5.75 Å². The molecular weight excluding hydrogens is 402 g/mol. The lowest BCUT2D eigenvalue weighted by atomic mass is 9.98. The predicted octanol–water partition coefficient (Wildman–Crippen LogP) is 3.29. The summed E-state index contributed by atoms with van der Waals surface area (Å²) in [7, 11) is -3.81. The van der Waals surface area contributed by atoms with E-state index in [1.54, 1.807) is 31.2 Å². The van der Waals surface area contributed by atoms with Gasteiger partial charge in [0, 0.05) is 12.2 Å². The summed E-state index contributed by atoms with van der Waals surface area (Å²) in [6, 6.07) is 15.6. The van der Waals surface area contributed by atoms with Crippen molar-refractivity contribution in [3.63, 3.8) is 0 Å². The zero-order valence-corrected chi connectivity index (χ0v) is 17.9. The number of benzene rings is 2. The highest BCUT2D eigenvalue weighted by Gasteiger charge is 2.44. The van der Waals surface area contributed by atoms with E-state index in [1.807, 2.05) is 19.1 Å². The maximum absolute atomic E-state index is 12.9. The molecule has 1 fully saturated rings. The molecule has 0 aliphatic heterocycles. The van der Waals surface area contributed by atoms with Gasteiger partial charge in [0.25, 0.3) is 0 Å². The third-order valence-electron chi connectivity index (χ3n) is 5.13. The first-order chi connectivity index (χ1) is 14.3. The van der Waals surface area contributed by atoms with Crippen molar-refractivity contribution in [3.8, 4) is 11.8 Å². The fraction of sp³-hybridized carbons (Fsp3) is 0.364. The monoisotopic (exact) mass is 427 g/mol. The maximum Gasteiger partial charge on any atom is 0.243 e. The summed E-state index contributed by atoms with van der Waals surface area (Å²) in [6.07, 6.45) is 1.70. The Hall–Kier alpha value is -2.89. The highest BCUT2D eigenvalue weighted by molar-refractivity contribution is 7.89. The van der Waals surface area contributed by atoms with Crippen LogP contribution in [0.3, 0.4) is 0 Å². The molecule has 0 bridgehead atoms. The van der Waals surface area contributed by atoms with Crippen molar-refractivity contribution in [3.05, 3.63) is 54.1 Å². The molecule has 1 aliphatic rings. The van der Waals surface area contributed by atoms with Crippen LogP contribution in [0.2, 0.25) is 0 Å². The van der Waals surface area contributed by atoms with E-state index in [4.69, 9.17) is 4.74 Å². The second kappa shape index (κ2) is 8.86. The van der Waals surface area contributed by atoms with Crippen LogP contribution in [-0.4, -0.2) is 38.3 Å². The molecular formula is C22H25N3O4S. The van der Waals surface area contributed by atoms with Crippen molar-refractivity contribution in [1.82, 2.24) is 4.31 Å². The van der Waals surface area contributed by atoms with E-state index in [0.717, 1.165) is 22.7 Å². The average molecular weight is 428 g/mol. The molecule has 0 saturated heterocycles. The molecule has 8 heteroatoms. The van der Waals surface area contributed by atoms with Crippen LogP contribution in [0, 0.1) is 11.3 Å². The number of ether oxygens (including phenoxy) is 1. The number of rotatable bonds is 9. The average Bonchev–Trinajstić information content (AvgIpc) is 3.54. The Morgan fingerprint density at radius 2 is 1.77 bits per heavy atom. The van der Waals surface area contributed by atoms with Gasteiger partial charge < -0.3 is 10.1 Å². The highest BCUT2D eigenvalue weighted by Crippen LogP contribution is 2.47. The summed E-state index contributed by atoms with van der Waals surface area (Å²) < 4.78 is 32.2. The third kappa shape index (κ3) is 4.64. The van der Waals surface area contributed by atoms with Gasteiger partial charge in [-0.1, -0.05) is 19.1 Å². The van der Waals surface area contributed by atoms with Gasteiger partial charge in [-0.05, 0) is 61.7 Å². The molecule has 3 rings (SSSR count). The second-order valence-corrected chi connectivity index (χ2v) is 9.09. The number of hydrogen-bond acceptors (Lipinski definition) is 5. The molecule has 30 heavy (non-hydrogen) atoms. The number of hydrogen-bond donors (Lipinski definition) is 1. The van der Waals surface area contributed by atoms with Crippen molar-refractivity contribution in [1.29, 1.82) is 5.26 Å². The number of nitriles is 1. The van der Waals surface area contributed by atoms with E-state index in [0.29, 0.717) is 18.0 Å². The van der Waals surface area contributed by atoms with Gasteiger partial charge in [-0.2, -0.15) is 9.57 Å². The summed E-state index contributed by atoms with van der Waals surface area (Å²) in [5.74, 6) is 0.158. The second-order valence-electron chi connectivity index (χ2n) is 7.16. The summed E-state index contributed by atoms with van der Waals surface area (Å²) in [5.41, 5.74) is 1.12. The number of nitrogens with zero attached hydrogens (tertiary/aromatic N) is 2. The van der Waals surface area contributed by atoms with Gasteiger partial charge in [0.2, 0.25) is 15.9 Å². The molecule has 0 atom stereocenters. The number of amides is 1. The molecule has 1 aliphatic carbocycles. The molecule has 158 valence electrons. The Morgan fingerprint density at radius 1 is 1.13 bits per heavy atom.